The summed E-state index contributed by atoms with van der Waals surface area (Å²) in [6.45, 7) is 5.66. The van der Waals surface area contributed by atoms with Gasteiger partial charge in [-0.15, -0.1) is 12.4 Å². The van der Waals surface area contributed by atoms with Crippen molar-refractivity contribution in [3.05, 3.63) is 18.2 Å². The summed E-state index contributed by atoms with van der Waals surface area (Å²) in [5.74, 6) is 3.07. The van der Waals surface area contributed by atoms with E-state index < -0.39 is 0 Å². The normalized spacial score (nSPS) is 16.6. The summed E-state index contributed by atoms with van der Waals surface area (Å²) >= 11 is 0. The Hall–Kier alpha value is -2.56. The first-order chi connectivity index (χ1) is 14.3. The number of hydrogen-bond donors (Lipinski definition) is 1. The van der Waals surface area contributed by atoms with Gasteiger partial charge < -0.3 is 34.1 Å². The molecule has 0 amide bonds. The molecule has 164 valence electrons. The predicted octanol–water partition coefficient (Wildman–Crippen LogP) is 1.73. The third kappa shape index (κ3) is 5.13. The molecule has 2 aliphatic rings. The largest absolute Gasteiger partial charge is 0.493 e. The molecule has 0 radical (unpaired) electrons. The molecular weight excluding hydrogens is 412 g/mol. The van der Waals surface area contributed by atoms with Crippen LogP contribution >= 0.6 is 12.4 Å². The van der Waals surface area contributed by atoms with Gasteiger partial charge in [-0.25, -0.2) is 0 Å². The van der Waals surface area contributed by atoms with E-state index in [2.05, 4.69) is 25.1 Å². The topological polar surface area (TPSA) is 94.1 Å². The minimum Gasteiger partial charge on any atom is -0.493 e. The van der Waals surface area contributed by atoms with E-state index in [0.717, 1.165) is 31.9 Å². The molecule has 1 aromatic heterocycles. The van der Waals surface area contributed by atoms with E-state index in [-0.39, 0.29) is 12.4 Å². The first-order valence-electron chi connectivity index (χ1n) is 9.67. The number of morpholine rings is 2. The molecule has 0 saturated carbocycles. The summed E-state index contributed by atoms with van der Waals surface area (Å²) in [5.41, 5.74) is 0.801. The van der Waals surface area contributed by atoms with E-state index in [1.807, 2.05) is 18.2 Å². The molecule has 4 rings (SSSR count). The van der Waals surface area contributed by atoms with Crippen molar-refractivity contribution in [2.75, 3.05) is 81.9 Å². The van der Waals surface area contributed by atoms with Gasteiger partial charge in [0.2, 0.25) is 17.8 Å². The van der Waals surface area contributed by atoms with E-state index in [4.69, 9.17) is 23.9 Å². The number of ether oxygens (including phenoxy) is 4. The Labute approximate surface area is 181 Å². The average Bonchev–Trinajstić information content (AvgIpc) is 2.80. The molecule has 0 bridgehead atoms. The summed E-state index contributed by atoms with van der Waals surface area (Å²) in [7, 11) is 3.22. The van der Waals surface area contributed by atoms with Crippen molar-refractivity contribution in [1.82, 2.24) is 15.0 Å². The van der Waals surface area contributed by atoms with Crippen molar-refractivity contribution in [3.8, 4) is 11.5 Å². The van der Waals surface area contributed by atoms with E-state index in [1.54, 1.807) is 14.2 Å². The van der Waals surface area contributed by atoms with Gasteiger partial charge in [0.05, 0.1) is 40.6 Å². The highest BCUT2D eigenvalue weighted by molar-refractivity contribution is 5.85. The standard InChI is InChI=1S/C19H26N6O4.ClH/c1-26-15-4-3-14(13-16(15)27-2)20-17-21-18(24-5-9-28-10-6-24)23-19(22-17)25-7-11-29-12-8-25;/h3-4,13H,5-12H2,1-2H3,(H,20,21,22,23);1H. The molecule has 0 aliphatic carbocycles. The third-order valence-electron chi connectivity index (χ3n) is 4.84. The lowest BCUT2D eigenvalue weighted by Gasteiger charge is -2.30. The maximum absolute atomic E-state index is 5.46. The molecule has 30 heavy (non-hydrogen) atoms. The minimum absolute atomic E-state index is 0. The third-order valence-corrected chi connectivity index (χ3v) is 4.84. The van der Waals surface area contributed by atoms with Crippen LogP contribution in [-0.4, -0.2) is 81.8 Å². The van der Waals surface area contributed by atoms with E-state index in [0.29, 0.717) is 55.8 Å². The van der Waals surface area contributed by atoms with Gasteiger partial charge in [-0.2, -0.15) is 15.0 Å². The highest BCUT2D eigenvalue weighted by Gasteiger charge is 2.21. The minimum atomic E-state index is 0. The van der Waals surface area contributed by atoms with Crippen molar-refractivity contribution in [3.63, 3.8) is 0 Å². The van der Waals surface area contributed by atoms with Crippen molar-refractivity contribution in [2.45, 2.75) is 0 Å². The molecule has 1 aromatic carbocycles. The number of halogens is 1. The fourth-order valence-corrected chi connectivity index (χ4v) is 3.26. The molecule has 2 fully saturated rings. The Morgan fingerprint density at radius 1 is 0.800 bits per heavy atom. The van der Waals surface area contributed by atoms with Crippen LogP contribution in [0, 0.1) is 0 Å². The van der Waals surface area contributed by atoms with E-state index in [9.17, 15) is 0 Å². The molecule has 11 heteroatoms. The van der Waals surface area contributed by atoms with Gasteiger partial charge in [-0.1, -0.05) is 0 Å². The highest BCUT2D eigenvalue weighted by Crippen LogP contribution is 2.31. The predicted molar refractivity (Wildman–Crippen MR) is 116 cm³/mol. The van der Waals surface area contributed by atoms with Crippen LogP contribution in [0.3, 0.4) is 0 Å². The molecule has 2 aliphatic heterocycles. The Balaban J connectivity index is 0.00000256. The Bertz CT molecular complexity index is 794. The van der Waals surface area contributed by atoms with Gasteiger partial charge in [0.1, 0.15) is 0 Å². The second kappa shape index (κ2) is 10.5. The quantitative estimate of drug-likeness (QED) is 0.718. The second-order valence-corrected chi connectivity index (χ2v) is 6.65. The molecule has 2 aromatic rings. The van der Waals surface area contributed by atoms with Crippen LogP contribution in [0.1, 0.15) is 0 Å². The number of nitrogens with zero attached hydrogens (tertiary/aromatic N) is 5. The fourth-order valence-electron chi connectivity index (χ4n) is 3.26. The smallest absolute Gasteiger partial charge is 0.233 e. The molecule has 1 N–H and O–H groups in total. The summed E-state index contributed by atoms with van der Waals surface area (Å²) in [4.78, 5) is 18.3. The maximum Gasteiger partial charge on any atom is 0.233 e. The first-order valence-corrected chi connectivity index (χ1v) is 9.67. The molecule has 0 unspecified atom stereocenters. The van der Waals surface area contributed by atoms with Crippen molar-refractivity contribution >= 4 is 35.9 Å². The summed E-state index contributed by atoms with van der Waals surface area (Å²) in [6.07, 6.45) is 0. The monoisotopic (exact) mass is 438 g/mol. The number of benzene rings is 1. The highest BCUT2D eigenvalue weighted by atomic mass is 35.5. The van der Waals surface area contributed by atoms with Gasteiger partial charge >= 0.3 is 0 Å². The average molecular weight is 439 g/mol. The van der Waals surface area contributed by atoms with Crippen LogP contribution in [0.4, 0.5) is 23.5 Å². The lowest BCUT2D eigenvalue weighted by atomic mass is 10.3. The zero-order chi connectivity index (χ0) is 20.1. The summed E-state index contributed by atoms with van der Waals surface area (Å²) in [5, 5.41) is 3.28. The maximum atomic E-state index is 5.46. The van der Waals surface area contributed by atoms with E-state index in [1.165, 1.54) is 0 Å². The van der Waals surface area contributed by atoms with Crippen LogP contribution in [0.15, 0.2) is 18.2 Å². The van der Waals surface area contributed by atoms with Crippen molar-refractivity contribution in [2.24, 2.45) is 0 Å². The number of nitrogens with one attached hydrogen (secondary N) is 1. The lowest BCUT2D eigenvalue weighted by Crippen LogP contribution is -2.40. The van der Waals surface area contributed by atoms with Crippen molar-refractivity contribution in [1.29, 1.82) is 0 Å². The molecule has 0 atom stereocenters. The number of hydrogen-bond acceptors (Lipinski definition) is 10. The second-order valence-electron chi connectivity index (χ2n) is 6.65. The fraction of sp³-hybridized carbons (Fsp3) is 0.526. The molecule has 3 heterocycles. The Kier molecular flexibility index (Phi) is 7.72. The zero-order valence-corrected chi connectivity index (χ0v) is 18.0. The number of rotatable bonds is 6. The van der Waals surface area contributed by atoms with E-state index >= 15 is 0 Å². The molecular formula is C19H27ClN6O4. The summed E-state index contributed by atoms with van der Waals surface area (Å²) in [6, 6.07) is 5.59. The molecule has 0 spiro atoms. The van der Waals surface area contributed by atoms with Gasteiger partial charge in [0.25, 0.3) is 0 Å². The molecule has 10 nitrogen and oxygen atoms in total. The number of aromatic nitrogens is 3. The lowest BCUT2D eigenvalue weighted by molar-refractivity contribution is 0.121. The van der Waals surface area contributed by atoms with Gasteiger partial charge in [0.15, 0.2) is 11.5 Å². The SMILES string of the molecule is COc1ccc(Nc2nc(N3CCOCC3)nc(N3CCOCC3)n2)cc1OC.Cl. The van der Waals surface area contributed by atoms with Crippen molar-refractivity contribution < 1.29 is 18.9 Å². The van der Waals surface area contributed by atoms with Gasteiger partial charge in [-0.3, -0.25) is 0 Å². The van der Waals surface area contributed by atoms with Crippen LogP contribution in [0.25, 0.3) is 0 Å². The zero-order valence-electron chi connectivity index (χ0n) is 17.2. The first kappa shape index (κ1) is 22.1. The number of methoxy groups -OCH3 is 2. The molecule has 2 saturated heterocycles. The number of anilines is 4. The van der Waals surface area contributed by atoms with Gasteiger partial charge in [-0.05, 0) is 12.1 Å². The Morgan fingerprint density at radius 3 is 1.83 bits per heavy atom. The van der Waals surface area contributed by atoms with Gasteiger partial charge in [0, 0.05) is 37.9 Å². The van der Waals surface area contributed by atoms with Crippen LogP contribution in [-0.2, 0) is 9.47 Å². The summed E-state index contributed by atoms with van der Waals surface area (Å²) < 4.78 is 21.6. The van der Waals surface area contributed by atoms with Crippen LogP contribution < -0.4 is 24.6 Å². The Morgan fingerprint density at radius 2 is 1.33 bits per heavy atom. The van der Waals surface area contributed by atoms with Crippen LogP contribution in [0.5, 0.6) is 11.5 Å². The van der Waals surface area contributed by atoms with Crippen LogP contribution in [0.2, 0.25) is 0 Å².